The average Bonchev–Trinajstić information content (AvgIpc) is 2.75. The van der Waals surface area contributed by atoms with Gasteiger partial charge in [0.1, 0.15) is 5.75 Å². The molecule has 3 aromatic rings. The van der Waals surface area contributed by atoms with E-state index < -0.39 is 0 Å². The van der Waals surface area contributed by atoms with E-state index in [1.165, 1.54) is 11.6 Å². The molecule has 6 heteroatoms. The average molecular weight is 445 g/mol. The van der Waals surface area contributed by atoms with Crippen molar-refractivity contribution in [3.63, 3.8) is 0 Å². The van der Waals surface area contributed by atoms with E-state index in [0.29, 0.717) is 23.1 Å². The van der Waals surface area contributed by atoms with E-state index in [0.717, 1.165) is 11.3 Å². The fourth-order valence-electron chi connectivity index (χ4n) is 3.31. The van der Waals surface area contributed by atoms with Crippen molar-refractivity contribution < 1.29 is 10.2 Å². The quantitative estimate of drug-likeness (QED) is 0.368. The highest BCUT2D eigenvalue weighted by Crippen LogP contribution is 2.30. The summed E-state index contributed by atoms with van der Waals surface area (Å²) in [7, 11) is 0. The maximum atomic E-state index is 9.84. The molecule has 4 nitrogen and oxygen atoms in total. The number of phenols is 1. The summed E-state index contributed by atoms with van der Waals surface area (Å²) in [6.07, 6.45) is 0. The first-order valence-electron chi connectivity index (χ1n) is 9.85. The summed E-state index contributed by atoms with van der Waals surface area (Å²) in [5.74, 6) is 0.119. The van der Waals surface area contributed by atoms with E-state index in [2.05, 4.69) is 22.3 Å². The fourth-order valence-corrected chi connectivity index (χ4v) is 3.66. The highest BCUT2D eigenvalue weighted by atomic mass is 35.5. The monoisotopic (exact) mass is 444 g/mol. The van der Waals surface area contributed by atoms with E-state index in [-0.39, 0.29) is 24.4 Å². The normalized spacial score (nSPS) is 13.2. The summed E-state index contributed by atoms with van der Waals surface area (Å²) in [5, 5.41) is 24.1. The van der Waals surface area contributed by atoms with Crippen molar-refractivity contribution in [3.05, 3.63) is 94.0 Å². The van der Waals surface area contributed by atoms with Gasteiger partial charge in [-0.05, 0) is 42.3 Å². The first-order valence-corrected chi connectivity index (χ1v) is 10.6. The van der Waals surface area contributed by atoms with Gasteiger partial charge in [-0.1, -0.05) is 65.7 Å². The lowest BCUT2D eigenvalue weighted by molar-refractivity contribution is 0.123. The van der Waals surface area contributed by atoms with Crippen molar-refractivity contribution in [1.82, 2.24) is 4.90 Å². The smallest absolute Gasteiger partial charge is 0.117 e. The molecule has 0 spiro atoms. The van der Waals surface area contributed by atoms with Gasteiger partial charge in [-0.2, -0.15) is 0 Å². The second-order valence-corrected chi connectivity index (χ2v) is 8.20. The zero-order valence-electron chi connectivity index (χ0n) is 16.8. The molecule has 0 bridgehead atoms. The summed E-state index contributed by atoms with van der Waals surface area (Å²) in [5.41, 5.74) is 2.95. The Morgan fingerprint density at radius 1 is 0.967 bits per heavy atom. The molecule has 0 aromatic heterocycles. The van der Waals surface area contributed by atoms with Crippen LogP contribution in [0.4, 0.5) is 5.69 Å². The minimum atomic E-state index is -0.109. The molecule has 0 aliphatic heterocycles. The third kappa shape index (κ3) is 6.13. The van der Waals surface area contributed by atoms with Gasteiger partial charge < -0.3 is 15.5 Å². The minimum absolute atomic E-state index is 0.0305. The number of hydrogen-bond donors (Lipinski definition) is 3. The van der Waals surface area contributed by atoms with Crippen LogP contribution < -0.4 is 5.32 Å². The first kappa shape index (κ1) is 22.4. The van der Waals surface area contributed by atoms with Crippen LogP contribution >= 0.6 is 23.2 Å². The Bertz CT molecular complexity index is 936. The molecule has 3 rings (SSSR count). The Labute approximate surface area is 187 Å². The number of hydrogen-bond acceptors (Lipinski definition) is 4. The summed E-state index contributed by atoms with van der Waals surface area (Å²) in [6, 6.07) is 22.6. The summed E-state index contributed by atoms with van der Waals surface area (Å²) in [6.45, 7) is 3.41. The van der Waals surface area contributed by atoms with Crippen molar-refractivity contribution in [3.8, 4) is 5.75 Å². The predicted molar refractivity (Wildman–Crippen MR) is 124 cm³/mol. The van der Waals surface area contributed by atoms with Crippen LogP contribution in [0.2, 0.25) is 10.0 Å². The molecule has 158 valence electrons. The molecule has 0 aliphatic rings. The van der Waals surface area contributed by atoms with E-state index in [4.69, 9.17) is 23.2 Å². The zero-order chi connectivity index (χ0) is 21.5. The van der Waals surface area contributed by atoms with Crippen LogP contribution in [0.5, 0.6) is 5.75 Å². The van der Waals surface area contributed by atoms with Gasteiger partial charge in [0.25, 0.3) is 0 Å². The number of aliphatic hydroxyl groups is 1. The van der Waals surface area contributed by atoms with Crippen LogP contribution in [-0.2, 0) is 6.54 Å². The summed E-state index contributed by atoms with van der Waals surface area (Å²) < 4.78 is 0. The first-order chi connectivity index (χ1) is 14.5. The van der Waals surface area contributed by atoms with E-state index in [1.807, 2.05) is 49.4 Å². The van der Waals surface area contributed by atoms with Crippen molar-refractivity contribution in [2.45, 2.75) is 25.6 Å². The Hall–Kier alpha value is -2.24. The van der Waals surface area contributed by atoms with Gasteiger partial charge in [-0.15, -0.1) is 0 Å². The molecule has 3 aromatic carbocycles. The number of rotatable bonds is 9. The predicted octanol–water partition coefficient (Wildman–Crippen LogP) is 5.74. The molecule has 0 fully saturated rings. The van der Waals surface area contributed by atoms with E-state index in [9.17, 15) is 10.2 Å². The molecule has 0 saturated carbocycles. The van der Waals surface area contributed by atoms with Gasteiger partial charge in [0.15, 0.2) is 0 Å². The van der Waals surface area contributed by atoms with Crippen molar-refractivity contribution in [2.75, 3.05) is 18.5 Å². The van der Waals surface area contributed by atoms with Crippen LogP contribution in [0.25, 0.3) is 0 Å². The maximum Gasteiger partial charge on any atom is 0.117 e. The Morgan fingerprint density at radius 2 is 1.67 bits per heavy atom. The van der Waals surface area contributed by atoms with Crippen LogP contribution in [0.1, 0.15) is 24.1 Å². The molecule has 0 heterocycles. The molecule has 30 heavy (non-hydrogen) atoms. The van der Waals surface area contributed by atoms with Crippen molar-refractivity contribution in [1.29, 1.82) is 0 Å². The van der Waals surface area contributed by atoms with Gasteiger partial charge in [0.2, 0.25) is 0 Å². The maximum absolute atomic E-state index is 9.84. The van der Waals surface area contributed by atoms with Gasteiger partial charge >= 0.3 is 0 Å². The number of aromatic hydroxyl groups is 1. The third-order valence-corrected chi connectivity index (χ3v) is 5.65. The fraction of sp³-hybridized carbons (Fsp3) is 0.250. The standard InChI is InChI=1S/C24H26Cl2N2O2/c1-17(16-29)28(14-18-5-3-2-4-6-18)15-24(19-7-9-20(25)10-8-19)27-23-12-11-21(30)13-22(23)26/h2-13,17,24,27,29-30H,14-16H2,1H3/t17-,24?/m1/s1. The molecule has 2 atom stereocenters. The number of phenolic OH excluding ortho intramolecular Hbond substituents is 1. The molecule has 0 saturated heterocycles. The van der Waals surface area contributed by atoms with Crippen LogP contribution in [-0.4, -0.2) is 34.3 Å². The lowest BCUT2D eigenvalue weighted by atomic mass is 10.0. The number of benzene rings is 3. The van der Waals surface area contributed by atoms with Gasteiger partial charge in [0, 0.05) is 30.2 Å². The highest BCUT2D eigenvalue weighted by molar-refractivity contribution is 6.33. The van der Waals surface area contributed by atoms with Crippen LogP contribution in [0.3, 0.4) is 0 Å². The van der Waals surface area contributed by atoms with Gasteiger partial charge in [0.05, 0.1) is 23.4 Å². The second kappa shape index (κ2) is 10.7. The molecule has 1 unspecified atom stereocenters. The van der Waals surface area contributed by atoms with Crippen LogP contribution in [0, 0.1) is 0 Å². The van der Waals surface area contributed by atoms with E-state index >= 15 is 0 Å². The van der Waals surface area contributed by atoms with Crippen LogP contribution in [0.15, 0.2) is 72.8 Å². The molecule has 3 N–H and O–H groups in total. The largest absolute Gasteiger partial charge is 0.508 e. The molecular formula is C24H26Cl2N2O2. The minimum Gasteiger partial charge on any atom is -0.508 e. The van der Waals surface area contributed by atoms with Crippen molar-refractivity contribution in [2.24, 2.45) is 0 Å². The number of nitrogens with zero attached hydrogens (tertiary/aromatic N) is 1. The number of nitrogens with one attached hydrogen (secondary N) is 1. The lowest BCUT2D eigenvalue weighted by Gasteiger charge is -2.33. The molecule has 0 radical (unpaired) electrons. The number of halogens is 2. The highest BCUT2D eigenvalue weighted by Gasteiger charge is 2.21. The summed E-state index contributed by atoms with van der Waals surface area (Å²) >= 11 is 12.4. The lowest BCUT2D eigenvalue weighted by Crippen LogP contribution is -2.39. The zero-order valence-corrected chi connectivity index (χ0v) is 18.3. The molecule has 0 aliphatic carbocycles. The second-order valence-electron chi connectivity index (χ2n) is 7.36. The molecule has 0 amide bonds. The van der Waals surface area contributed by atoms with E-state index in [1.54, 1.807) is 12.1 Å². The number of anilines is 1. The number of aliphatic hydroxyl groups excluding tert-OH is 1. The van der Waals surface area contributed by atoms with Crippen molar-refractivity contribution >= 4 is 28.9 Å². The molecular weight excluding hydrogens is 419 g/mol. The topological polar surface area (TPSA) is 55.7 Å². The Kier molecular flexibility index (Phi) is 8.00. The van der Waals surface area contributed by atoms with Gasteiger partial charge in [-0.25, -0.2) is 0 Å². The SMILES string of the molecule is C[C@H](CO)N(Cc1ccccc1)CC(Nc1ccc(O)cc1Cl)c1ccc(Cl)cc1. The van der Waals surface area contributed by atoms with Gasteiger partial charge in [-0.3, -0.25) is 4.90 Å². The Morgan fingerprint density at radius 3 is 2.30 bits per heavy atom. The Balaban J connectivity index is 1.89. The summed E-state index contributed by atoms with van der Waals surface area (Å²) in [4.78, 5) is 2.23. The third-order valence-electron chi connectivity index (χ3n) is 5.09.